The van der Waals surface area contributed by atoms with Crippen molar-refractivity contribution in [2.75, 3.05) is 6.61 Å². The van der Waals surface area contributed by atoms with Crippen molar-refractivity contribution in [1.82, 2.24) is 0 Å². The maximum absolute atomic E-state index is 12.9. The van der Waals surface area contributed by atoms with E-state index in [4.69, 9.17) is 15.9 Å². The smallest absolute Gasteiger partial charge is 0.401 e. The largest absolute Gasteiger partial charge is 0.492 e. The summed E-state index contributed by atoms with van der Waals surface area (Å²) in [7, 11) is 0. The number of amidine groups is 1. The molecule has 8 heteroatoms. The Morgan fingerprint density at radius 2 is 2.00 bits per heavy atom. The van der Waals surface area contributed by atoms with Crippen molar-refractivity contribution in [2.45, 2.75) is 6.18 Å². The van der Waals surface area contributed by atoms with Crippen molar-refractivity contribution in [3.8, 4) is 5.75 Å². The van der Waals surface area contributed by atoms with Gasteiger partial charge in [0.2, 0.25) is 0 Å². The number of benzene rings is 1. The van der Waals surface area contributed by atoms with Gasteiger partial charge in [-0.15, -0.1) is 0 Å². The van der Waals surface area contributed by atoms with Crippen LogP contribution >= 0.6 is 15.9 Å². The summed E-state index contributed by atoms with van der Waals surface area (Å²) in [6.07, 6.45) is -4.67. The highest BCUT2D eigenvalue weighted by Crippen LogP contribution is 2.28. The Labute approximate surface area is 109 Å². The molecule has 0 radical (unpaired) electrons. The molecule has 1 aromatic rings. The number of rotatable bonds is 4. The van der Waals surface area contributed by atoms with Gasteiger partial charge in [-0.3, -0.25) is 5.41 Å². The van der Waals surface area contributed by atoms with E-state index in [1.165, 1.54) is 6.07 Å². The second-order valence-corrected chi connectivity index (χ2v) is 4.38. The van der Waals surface area contributed by atoms with Gasteiger partial charge in [0, 0.05) is 10.5 Å². The standard InChI is InChI=1S/C10H9BrF4N2O/c11-5-1-6(12)3-7(2-5)18-4-8(9(16)17)10(13,14)15/h1-3,8H,4H2,(H3,16,17). The molecule has 0 aromatic heterocycles. The highest BCUT2D eigenvalue weighted by molar-refractivity contribution is 9.10. The minimum Gasteiger partial charge on any atom is -0.492 e. The number of halogens is 5. The lowest BCUT2D eigenvalue weighted by molar-refractivity contribution is -0.162. The van der Waals surface area contributed by atoms with Crippen molar-refractivity contribution in [2.24, 2.45) is 11.7 Å². The summed E-state index contributed by atoms with van der Waals surface area (Å²) in [5, 5.41) is 6.85. The first-order valence-corrected chi connectivity index (χ1v) is 5.49. The van der Waals surface area contributed by atoms with Crippen LogP contribution in [0.5, 0.6) is 5.75 Å². The number of alkyl halides is 3. The van der Waals surface area contributed by atoms with Gasteiger partial charge in [0.1, 0.15) is 29.9 Å². The van der Waals surface area contributed by atoms with Gasteiger partial charge in [0.25, 0.3) is 0 Å². The van der Waals surface area contributed by atoms with E-state index < -0.39 is 30.4 Å². The van der Waals surface area contributed by atoms with E-state index in [0.717, 1.165) is 12.1 Å². The molecule has 100 valence electrons. The fourth-order valence-corrected chi connectivity index (χ4v) is 1.60. The lowest BCUT2D eigenvalue weighted by atomic mass is 10.1. The Bertz CT molecular complexity index is 430. The Morgan fingerprint density at radius 1 is 1.39 bits per heavy atom. The summed E-state index contributed by atoms with van der Waals surface area (Å²) in [6.45, 7) is -0.866. The molecule has 1 rings (SSSR count). The number of nitrogens with two attached hydrogens (primary N) is 1. The molecule has 0 bridgehead atoms. The predicted octanol–water partition coefficient (Wildman–Crippen LogP) is 3.08. The fourth-order valence-electron chi connectivity index (χ4n) is 1.15. The lowest BCUT2D eigenvalue weighted by Gasteiger charge is -2.19. The average Bonchev–Trinajstić information content (AvgIpc) is 2.12. The quantitative estimate of drug-likeness (QED) is 0.507. The zero-order valence-electron chi connectivity index (χ0n) is 8.89. The van der Waals surface area contributed by atoms with E-state index in [2.05, 4.69) is 15.9 Å². The second kappa shape index (κ2) is 5.55. The molecule has 0 spiro atoms. The molecule has 0 aliphatic carbocycles. The van der Waals surface area contributed by atoms with Crippen molar-refractivity contribution in [1.29, 1.82) is 5.41 Å². The van der Waals surface area contributed by atoms with Gasteiger partial charge < -0.3 is 10.5 Å². The van der Waals surface area contributed by atoms with Gasteiger partial charge in [0.05, 0.1) is 0 Å². The predicted molar refractivity (Wildman–Crippen MR) is 61.1 cm³/mol. The molecule has 1 aromatic carbocycles. The van der Waals surface area contributed by atoms with E-state index in [9.17, 15) is 17.6 Å². The third kappa shape index (κ3) is 4.17. The van der Waals surface area contributed by atoms with Crippen LogP contribution in [0.1, 0.15) is 0 Å². The van der Waals surface area contributed by atoms with Crippen molar-refractivity contribution in [3.05, 3.63) is 28.5 Å². The monoisotopic (exact) mass is 328 g/mol. The molecule has 1 unspecified atom stereocenters. The van der Waals surface area contributed by atoms with Crippen molar-refractivity contribution in [3.63, 3.8) is 0 Å². The van der Waals surface area contributed by atoms with E-state index in [-0.39, 0.29) is 5.75 Å². The molecular weight excluding hydrogens is 320 g/mol. The van der Waals surface area contributed by atoms with Crippen LogP contribution in [0.4, 0.5) is 17.6 Å². The first-order chi connectivity index (χ1) is 8.20. The molecule has 0 saturated heterocycles. The zero-order valence-corrected chi connectivity index (χ0v) is 10.5. The second-order valence-electron chi connectivity index (χ2n) is 3.47. The van der Waals surface area contributed by atoms with Crippen LogP contribution in [-0.4, -0.2) is 18.6 Å². The molecular formula is C10H9BrF4N2O. The van der Waals surface area contributed by atoms with E-state index >= 15 is 0 Å². The van der Waals surface area contributed by atoms with Crippen LogP contribution in [0, 0.1) is 17.1 Å². The summed E-state index contributed by atoms with van der Waals surface area (Å²) in [5.74, 6) is -3.97. The average molecular weight is 329 g/mol. The molecule has 3 N–H and O–H groups in total. The molecule has 1 atom stereocenters. The normalized spacial score (nSPS) is 13.2. The van der Waals surface area contributed by atoms with Crippen LogP contribution in [0.15, 0.2) is 22.7 Å². The summed E-state index contributed by atoms with van der Waals surface area (Å²) in [5.41, 5.74) is 4.85. The third-order valence-electron chi connectivity index (χ3n) is 2.02. The van der Waals surface area contributed by atoms with Crippen LogP contribution in [0.2, 0.25) is 0 Å². The summed E-state index contributed by atoms with van der Waals surface area (Å²) < 4.78 is 55.4. The summed E-state index contributed by atoms with van der Waals surface area (Å²) >= 11 is 2.98. The first-order valence-electron chi connectivity index (χ1n) is 4.69. The van der Waals surface area contributed by atoms with Gasteiger partial charge >= 0.3 is 6.18 Å². The molecule has 3 nitrogen and oxygen atoms in total. The molecule has 18 heavy (non-hydrogen) atoms. The first kappa shape index (κ1) is 14.7. The molecule has 0 aliphatic heterocycles. The highest BCUT2D eigenvalue weighted by atomic mass is 79.9. The Balaban J connectivity index is 2.76. The Hall–Kier alpha value is -1.31. The fraction of sp³-hybridized carbons (Fsp3) is 0.300. The van der Waals surface area contributed by atoms with Crippen LogP contribution < -0.4 is 10.5 Å². The van der Waals surface area contributed by atoms with Crippen molar-refractivity contribution < 1.29 is 22.3 Å². The minimum atomic E-state index is -4.67. The van der Waals surface area contributed by atoms with Gasteiger partial charge in [-0.2, -0.15) is 13.2 Å². The van der Waals surface area contributed by atoms with Gasteiger partial charge in [-0.1, -0.05) is 15.9 Å². The molecule has 0 amide bonds. The minimum absolute atomic E-state index is 0.0719. The Morgan fingerprint density at radius 3 is 2.44 bits per heavy atom. The Kier molecular flexibility index (Phi) is 4.55. The van der Waals surface area contributed by atoms with Gasteiger partial charge in [-0.25, -0.2) is 4.39 Å². The summed E-state index contributed by atoms with van der Waals surface area (Å²) in [6, 6.07) is 3.40. The summed E-state index contributed by atoms with van der Waals surface area (Å²) in [4.78, 5) is 0. The topological polar surface area (TPSA) is 59.1 Å². The van der Waals surface area contributed by atoms with Gasteiger partial charge in [0.15, 0.2) is 0 Å². The lowest BCUT2D eigenvalue weighted by Crippen LogP contribution is -2.39. The van der Waals surface area contributed by atoms with Crippen LogP contribution in [0.3, 0.4) is 0 Å². The maximum atomic E-state index is 12.9. The third-order valence-corrected chi connectivity index (χ3v) is 2.48. The number of nitrogens with one attached hydrogen (secondary N) is 1. The van der Waals surface area contributed by atoms with E-state index in [1.54, 1.807) is 0 Å². The van der Waals surface area contributed by atoms with Gasteiger partial charge in [-0.05, 0) is 12.1 Å². The van der Waals surface area contributed by atoms with Crippen LogP contribution in [-0.2, 0) is 0 Å². The molecule has 0 aliphatic rings. The molecule has 0 saturated carbocycles. The van der Waals surface area contributed by atoms with E-state index in [0.29, 0.717) is 4.47 Å². The number of hydrogen-bond donors (Lipinski definition) is 2. The molecule has 0 heterocycles. The van der Waals surface area contributed by atoms with Crippen LogP contribution in [0.25, 0.3) is 0 Å². The highest BCUT2D eigenvalue weighted by Gasteiger charge is 2.42. The number of hydrogen-bond acceptors (Lipinski definition) is 2. The SMILES string of the molecule is N=C(N)C(COc1cc(F)cc(Br)c1)C(F)(F)F. The zero-order chi connectivity index (χ0) is 13.9. The van der Waals surface area contributed by atoms with E-state index in [1.807, 2.05) is 0 Å². The number of ether oxygens (including phenoxy) is 1. The maximum Gasteiger partial charge on any atom is 0.401 e. The molecule has 0 fully saturated rings. The van der Waals surface area contributed by atoms with Crippen molar-refractivity contribution >= 4 is 21.8 Å².